The van der Waals surface area contributed by atoms with Gasteiger partial charge in [-0.1, -0.05) is 30.3 Å². The van der Waals surface area contributed by atoms with Crippen molar-refractivity contribution in [3.05, 3.63) is 64.5 Å². The third-order valence-electron chi connectivity index (χ3n) is 4.77. The van der Waals surface area contributed by atoms with Crippen LogP contribution in [0.4, 0.5) is 5.69 Å². The van der Waals surface area contributed by atoms with Crippen molar-refractivity contribution in [1.82, 2.24) is 4.98 Å². The average molecular weight is 378 g/mol. The second-order valence-corrected chi connectivity index (χ2v) is 7.84. The van der Waals surface area contributed by atoms with Gasteiger partial charge in [0.05, 0.1) is 16.4 Å². The fraction of sp³-hybridized carbons (Fsp3) is 0.273. The van der Waals surface area contributed by atoms with Crippen molar-refractivity contribution < 1.29 is 9.53 Å². The molecule has 1 aromatic heterocycles. The van der Waals surface area contributed by atoms with Gasteiger partial charge in [0, 0.05) is 17.5 Å². The molecule has 0 spiro atoms. The first kappa shape index (κ1) is 17.7. The first-order chi connectivity index (χ1) is 13.1. The van der Waals surface area contributed by atoms with Crippen LogP contribution in [0.15, 0.2) is 53.9 Å². The Bertz CT molecular complexity index is 952. The molecule has 1 aliphatic rings. The van der Waals surface area contributed by atoms with Gasteiger partial charge >= 0.3 is 0 Å². The molecule has 0 saturated heterocycles. The third kappa shape index (κ3) is 3.74. The predicted octanol–water partition coefficient (Wildman–Crippen LogP) is 4.87. The normalized spacial score (nSPS) is 16.1. The number of fused-ring (bicyclic) bond motifs is 1. The number of ether oxygens (including phenoxy) is 1. The van der Waals surface area contributed by atoms with E-state index in [0.717, 1.165) is 40.5 Å². The molecule has 0 aliphatic carbocycles. The number of carbonyl (C=O) groups excluding carboxylic acids is 1. The Kier molecular flexibility index (Phi) is 4.94. The van der Waals surface area contributed by atoms with Gasteiger partial charge in [-0.15, -0.1) is 11.3 Å². The highest BCUT2D eigenvalue weighted by Gasteiger charge is 2.31. The number of benzene rings is 2. The molecule has 0 fully saturated rings. The number of anilines is 1. The summed E-state index contributed by atoms with van der Waals surface area (Å²) in [5.41, 5.74) is 4.08. The fourth-order valence-corrected chi connectivity index (χ4v) is 4.00. The highest BCUT2D eigenvalue weighted by Crippen LogP contribution is 2.37. The molecule has 1 unspecified atom stereocenters. The van der Waals surface area contributed by atoms with Gasteiger partial charge in [0.15, 0.2) is 6.10 Å². The smallest absolute Gasteiger partial charge is 0.267 e. The third-order valence-corrected chi connectivity index (χ3v) is 5.55. The van der Waals surface area contributed by atoms with Gasteiger partial charge in [-0.3, -0.25) is 4.79 Å². The highest BCUT2D eigenvalue weighted by atomic mass is 32.1. The van der Waals surface area contributed by atoms with Crippen molar-refractivity contribution >= 4 is 22.9 Å². The van der Waals surface area contributed by atoms with Crippen LogP contribution < -0.4 is 9.64 Å². The minimum Gasteiger partial charge on any atom is -0.479 e. The molecule has 2 aromatic carbocycles. The lowest BCUT2D eigenvalue weighted by Gasteiger charge is -2.33. The van der Waals surface area contributed by atoms with Gasteiger partial charge in [-0.25, -0.2) is 4.98 Å². The van der Waals surface area contributed by atoms with Crippen LogP contribution in [0.5, 0.6) is 5.75 Å². The monoisotopic (exact) mass is 378 g/mol. The van der Waals surface area contributed by atoms with E-state index in [9.17, 15) is 4.79 Å². The number of nitrogens with zero attached hydrogens (tertiary/aromatic N) is 2. The summed E-state index contributed by atoms with van der Waals surface area (Å²) < 4.78 is 5.83. The summed E-state index contributed by atoms with van der Waals surface area (Å²) in [5, 5.41) is 3.08. The molecule has 138 valence electrons. The molecule has 1 atom stereocenters. The molecule has 0 radical (unpaired) electrons. The maximum Gasteiger partial charge on any atom is 0.267 e. The topological polar surface area (TPSA) is 42.4 Å². The minimum atomic E-state index is -0.457. The van der Waals surface area contributed by atoms with E-state index in [2.05, 4.69) is 29.2 Å². The van der Waals surface area contributed by atoms with Crippen LogP contribution in [0.2, 0.25) is 0 Å². The zero-order valence-corrected chi connectivity index (χ0v) is 16.3. The second-order valence-electron chi connectivity index (χ2n) is 6.77. The summed E-state index contributed by atoms with van der Waals surface area (Å²) in [7, 11) is 0. The number of aryl methyl sites for hydroxylation is 2. The van der Waals surface area contributed by atoms with Crippen LogP contribution in [0, 0.1) is 6.92 Å². The van der Waals surface area contributed by atoms with Crippen LogP contribution in [0.3, 0.4) is 0 Å². The molecular formula is C22H22N2O2S. The SMILES string of the molecule is Cc1nc(-c2ccc3c(c2)N(CCCc2ccccc2)C(=O)C(C)O3)cs1. The number of amides is 1. The number of hydrogen-bond acceptors (Lipinski definition) is 4. The minimum absolute atomic E-state index is 0.0159. The lowest BCUT2D eigenvalue weighted by molar-refractivity contribution is -0.125. The zero-order valence-electron chi connectivity index (χ0n) is 15.5. The summed E-state index contributed by atoms with van der Waals surface area (Å²) >= 11 is 1.63. The molecule has 3 aromatic rings. The van der Waals surface area contributed by atoms with Crippen LogP contribution in [0.1, 0.15) is 23.9 Å². The molecule has 1 aliphatic heterocycles. The lowest BCUT2D eigenvalue weighted by atomic mass is 10.1. The van der Waals surface area contributed by atoms with E-state index in [4.69, 9.17) is 4.74 Å². The Morgan fingerprint density at radius 1 is 1.19 bits per heavy atom. The van der Waals surface area contributed by atoms with Crippen LogP contribution in [0.25, 0.3) is 11.3 Å². The summed E-state index contributed by atoms with van der Waals surface area (Å²) in [4.78, 5) is 19.2. The number of hydrogen-bond donors (Lipinski definition) is 0. The number of carbonyl (C=O) groups is 1. The summed E-state index contributed by atoms with van der Waals surface area (Å²) in [6.07, 6.45) is 1.39. The van der Waals surface area contributed by atoms with E-state index in [1.807, 2.05) is 48.4 Å². The average Bonchev–Trinajstić information content (AvgIpc) is 3.12. The number of aromatic nitrogens is 1. The standard InChI is InChI=1S/C22H22N2O2S/c1-15-22(25)24(12-6-9-17-7-4-3-5-8-17)20-13-18(10-11-21(20)26-15)19-14-27-16(2)23-19/h3-5,7-8,10-11,13-15H,6,9,12H2,1-2H3. The van der Waals surface area contributed by atoms with Gasteiger partial charge in [0.1, 0.15) is 5.75 Å². The Labute approximate surface area is 163 Å². The van der Waals surface area contributed by atoms with Gasteiger partial charge in [0.2, 0.25) is 0 Å². The summed E-state index contributed by atoms with van der Waals surface area (Å²) in [5.74, 6) is 0.777. The fourth-order valence-electron chi connectivity index (χ4n) is 3.38. The molecule has 4 rings (SSSR count). The van der Waals surface area contributed by atoms with Crippen LogP contribution >= 0.6 is 11.3 Å². The van der Waals surface area contributed by atoms with E-state index in [-0.39, 0.29) is 5.91 Å². The second kappa shape index (κ2) is 7.53. The van der Waals surface area contributed by atoms with E-state index in [0.29, 0.717) is 6.54 Å². The molecular weight excluding hydrogens is 356 g/mol. The Morgan fingerprint density at radius 3 is 2.74 bits per heavy atom. The van der Waals surface area contributed by atoms with Gasteiger partial charge in [0.25, 0.3) is 5.91 Å². The van der Waals surface area contributed by atoms with Crippen molar-refractivity contribution in [2.24, 2.45) is 0 Å². The molecule has 0 saturated carbocycles. The summed E-state index contributed by atoms with van der Waals surface area (Å²) in [6.45, 7) is 4.48. The maximum absolute atomic E-state index is 12.8. The van der Waals surface area contributed by atoms with E-state index >= 15 is 0 Å². The molecule has 4 nitrogen and oxygen atoms in total. The molecule has 0 N–H and O–H groups in total. The van der Waals surface area contributed by atoms with Crippen LogP contribution in [-0.2, 0) is 11.2 Å². The highest BCUT2D eigenvalue weighted by molar-refractivity contribution is 7.09. The quantitative estimate of drug-likeness (QED) is 0.636. The first-order valence-electron chi connectivity index (χ1n) is 9.20. The Hall–Kier alpha value is -2.66. The Morgan fingerprint density at radius 2 is 2.00 bits per heavy atom. The zero-order chi connectivity index (χ0) is 18.8. The van der Waals surface area contributed by atoms with Gasteiger partial charge in [-0.2, -0.15) is 0 Å². The Balaban J connectivity index is 1.58. The summed E-state index contributed by atoms with van der Waals surface area (Å²) in [6, 6.07) is 16.4. The van der Waals surface area contributed by atoms with Crippen molar-refractivity contribution in [1.29, 1.82) is 0 Å². The van der Waals surface area contributed by atoms with E-state index in [1.54, 1.807) is 11.3 Å². The lowest BCUT2D eigenvalue weighted by Crippen LogP contribution is -2.45. The van der Waals surface area contributed by atoms with Crippen LogP contribution in [-0.4, -0.2) is 23.5 Å². The first-order valence-corrected chi connectivity index (χ1v) is 10.1. The molecule has 5 heteroatoms. The van der Waals surface area contributed by atoms with Gasteiger partial charge < -0.3 is 9.64 Å². The molecule has 2 heterocycles. The number of thiazole rings is 1. The largest absolute Gasteiger partial charge is 0.479 e. The molecule has 0 bridgehead atoms. The molecule has 1 amide bonds. The van der Waals surface area contributed by atoms with E-state index < -0.39 is 6.10 Å². The van der Waals surface area contributed by atoms with Crippen molar-refractivity contribution in [2.75, 3.05) is 11.4 Å². The maximum atomic E-state index is 12.8. The van der Waals surface area contributed by atoms with E-state index in [1.165, 1.54) is 5.56 Å². The van der Waals surface area contributed by atoms with Gasteiger partial charge in [-0.05, 0) is 50.5 Å². The van der Waals surface area contributed by atoms with Crippen molar-refractivity contribution in [3.63, 3.8) is 0 Å². The number of rotatable bonds is 5. The molecule has 27 heavy (non-hydrogen) atoms. The van der Waals surface area contributed by atoms with Crippen molar-refractivity contribution in [2.45, 2.75) is 32.8 Å². The van der Waals surface area contributed by atoms with Crippen molar-refractivity contribution in [3.8, 4) is 17.0 Å². The predicted molar refractivity (Wildman–Crippen MR) is 109 cm³/mol.